The highest BCUT2D eigenvalue weighted by Crippen LogP contribution is 2.27. The van der Waals surface area contributed by atoms with E-state index < -0.39 is 37.1 Å². The minimum Gasteiger partial charge on any atom is -0.394 e. The molecule has 4 rings (SSSR count). The van der Waals surface area contributed by atoms with E-state index in [4.69, 9.17) is 10.8 Å². The van der Waals surface area contributed by atoms with Gasteiger partial charge in [-0.25, -0.2) is 4.68 Å². The number of allylic oxidation sites excluding steroid dienone is 1. The number of hydrogen-bond acceptors (Lipinski definition) is 10. The summed E-state index contributed by atoms with van der Waals surface area (Å²) in [4.78, 5) is 16.9. The van der Waals surface area contributed by atoms with Gasteiger partial charge in [-0.1, -0.05) is 19.0 Å². The Balaban J connectivity index is 0.00000158. The Morgan fingerprint density at radius 1 is 1.24 bits per heavy atom. The van der Waals surface area contributed by atoms with Crippen molar-refractivity contribution in [3.05, 3.63) is 23.7 Å². The average molecular weight is 468 g/mol. The molecule has 0 bridgehead atoms. The maximum Gasteiger partial charge on any atom is 0.182 e. The Labute approximate surface area is 194 Å². The molecule has 5 unspecified atom stereocenters. The highest BCUT2D eigenvalue weighted by atomic mass is 16.5. The standard InChI is InChI=1S/C21H30N4O7.CH4/c26-9-18-20(29)21(30)19(28)17(32-18)5-14-4-13(6-22-14)16(27)8-25-7-15(23-24-25)11-31-10-12-2-1-3-12;/h6-7,12,17-21,26,28-30H,1-5,8-11H2;1H4/i;1D. The van der Waals surface area contributed by atoms with Gasteiger partial charge in [0.15, 0.2) is 5.78 Å². The summed E-state index contributed by atoms with van der Waals surface area (Å²) in [6, 6.07) is 0. The van der Waals surface area contributed by atoms with Crippen LogP contribution in [-0.4, -0.2) is 90.6 Å². The number of ketones is 1. The number of aliphatic imine (C=N–C) groups is 1. The van der Waals surface area contributed by atoms with Crippen LogP contribution in [0, 0.1) is 5.92 Å². The number of rotatable bonds is 10. The van der Waals surface area contributed by atoms with Gasteiger partial charge in [-0.15, -0.1) is 5.10 Å². The molecule has 0 aromatic carbocycles. The van der Waals surface area contributed by atoms with E-state index in [1.807, 2.05) is 0 Å². The lowest BCUT2D eigenvalue weighted by Crippen LogP contribution is -2.58. The first-order valence-corrected chi connectivity index (χ1v) is 11.0. The fourth-order valence-corrected chi connectivity index (χ4v) is 4.08. The van der Waals surface area contributed by atoms with Crippen molar-refractivity contribution in [3.8, 4) is 0 Å². The second-order valence-corrected chi connectivity index (χ2v) is 8.74. The summed E-state index contributed by atoms with van der Waals surface area (Å²) in [5, 5.41) is 47.3. The van der Waals surface area contributed by atoms with Gasteiger partial charge >= 0.3 is 0 Å². The van der Waals surface area contributed by atoms with Gasteiger partial charge in [0.1, 0.15) is 36.7 Å². The quantitative estimate of drug-likeness (QED) is 0.364. The molecule has 184 valence electrons. The van der Waals surface area contributed by atoms with E-state index in [9.17, 15) is 25.2 Å². The number of ether oxygens (including phenoxy) is 2. The zero-order valence-corrected chi connectivity index (χ0v) is 18.8. The summed E-state index contributed by atoms with van der Waals surface area (Å²) in [6.07, 6.45) is 1.40. The topological polar surface area (TPSA) is 160 Å². The van der Waals surface area contributed by atoms with Gasteiger partial charge in [0, 0.05) is 38.3 Å². The first kappa shape index (κ1) is 24.1. The van der Waals surface area contributed by atoms with Gasteiger partial charge in [-0.3, -0.25) is 9.79 Å². The van der Waals surface area contributed by atoms with Gasteiger partial charge in [-0.2, -0.15) is 0 Å². The van der Waals surface area contributed by atoms with Gasteiger partial charge in [0.2, 0.25) is 0 Å². The first-order chi connectivity index (χ1) is 16.4. The van der Waals surface area contributed by atoms with Gasteiger partial charge in [0.25, 0.3) is 0 Å². The molecule has 3 heterocycles. The summed E-state index contributed by atoms with van der Waals surface area (Å²) in [7, 11) is 1.25. The number of hydrogen-bond donors (Lipinski definition) is 4. The van der Waals surface area contributed by atoms with Gasteiger partial charge in [0.05, 0.1) is 25.5 Å². The summed E-state index contributed by atoms with van der Waals surface area (Å²) < 4.78 is 18.4. The molecule has 0 amide bonds. The molecule has 1 saturated heterocycles. The third kappa shape index (κ3) is 6.11. The van der Waals surface area contributed by atoms with Gasteiger partial charge in [-0.05, 0) is 18.8 Å². The molecule has 1 aliphatic carbocycles. The number of carbonyl (C=O) groups is 1. The van der Waals surface area contributed by atoms with Crippen molar-refractivity contribution in [2.75, 3.05) is 13.2 Å². The van der Waals surface area contributed by atoms with E-state index in [2.05, 4.69) is 15.3 Å². The van der Waals surface area contributed by atoms with Crippen LogP contribution in [0.1, 0.15) is 46.6 Å². The van der Waals surface area contributed by atoms with Crippen LogP contribution in [0.2, 0.25) is 0 Å². The lowest BCUT2D eigenvalue weighted by molar-refractivity contribution is -0.227. The minimum atomic E-state index is -1.43. The zero-order valence-electron chi connectivity index (χ0n) is 19.8. The van der Waals surface area contributed by atoms with Crippen molar-refractivity contribution in [1.82, 2.24) is 15.0 Å². The SMILES string of the molecule is O=C(Cn1cc(COCC2CCC2)nn1)C1=CN=C(CC2OC(CO)C(O)C(O)C2O)C1.[2H]C. The predicted molar refractivity (Wildman–Crippen MR) is 117 cm³/mol. The fourth-order valence-electron chi connectivity index (χ4n) is 4.08. The Morgan fingerprint density at radius 2 is 2.00 bits per heavy atom. The number of nitrogens with zero attached hydrogens (tertiary/aromatic N) is 4. The van der Waals surface area contributed by atoms with Crippen molar-refractivity contribution in [3.63, 3.8) is 0 Å². The van der Waals surface area contributed by atoms with Crippen molar-refractivity contribution in [2.24, 2.45) is 10.9 Å². The zero-order chi connectivity index (χ0) is 24.7. The average Bonchev–Trinajstić information content (AvgIpc) is 3.47. The lowest BCUT2D eigenvalue weighted by Gasteiger charge is -2.40. The van der Waals surface area contributed by atoms with Crippen molar-refractivity contribution in [2.45, 2.75) is 83.2 Å². The van der Waals surface area contributed by atoms with E-state index in [1.54, 1.807) is 6.20 Å². The maximum atomic E-state index is 12.6. The van der Waals surface area contributed by atoms with Crippen molar-refractivity contribution in [1.29, 1.82) is 0 Å². The molecule has 4 N–H and O–H groups in total. The smallest absolute Gasteiger partial charge is 0.182 e. The fraction of sp³-hybridized carbons (Fsp3) is 0.727. The third-order valence-electron chi connectivity index (χ3n) is 6.30. The van der Waals surface area contributed by atoms with Crippen LogP contribution in [0.4, 0.5) is 0 Å². The van der Waals surface area contributed by atoms with Gasteiger partial charge < -0.3 is 29.9 Å². The Morgan fingerprint density at radius 3 is 2.70 bits per heavy atom. The van der Waals surface area contributed by atoms with E-state index in [0.29, 0.717) is 35.9 Å². The molecule has 2 aliphatic heterocycles. The summed E-state index contributed by atoms with van der Waals surface area (Å²) in [5.74, 6) is 0.502. The number of aromatic nitrogens is 3. The predicted octanol–water partition coefficient (Wildman–Crippen LogP) is -0.239. The van der Waals surface area contributed by atoms with Crippen LogP contribution < -0.4 is 0 Å². The molecule has 0 spiro atoms. The molecule has 3 aliphatic rings. The summed E-state index contributed by atoms with van der Waals surface area (Å²) in [5.41, 5.74) is 1.79. The number of aliphatic hydroxyl groups excluding tert-OH is 4. The minimum absolute atomic E-state index is 0.0320. The highest BCUT2D eigenvalue weighted by molar-refractivity contribution is 6.04. The van der Waals surface area contributed by atoms with Crippen LogP contribution in [-0.2, 0) is 27.4 Å². The summed E-state index contributed by atoms with van der Waals surface area (Å²) in [6.45, 7) is 0.651. The van der Waals surface area contributed by atoms with E-state index in [-0.39, 0.29) is 18.7 Å². The van der Waals surface area contributed by atoms with Crippen LogP contribution in [0.15, 0.2) is 23.0 Å². The molecule has 0 radical (unpaired) electrons. The molecular weight excluding hydrogens is 432 g/mol. The van der Waals surface area contributed by atoms with E-state index in [1.165, 1.54) is 37.5 Å². The molecule has 5 atom stereocenters. The van der Waals surface area contributed by atoms with E-state index in [0.717, 1.165) is 6.61 Å². The van der Waals surface area contributed by atoms with E-state index >= 15 is 0 Å². The molecule has 1 saturated carbocycles. The highest BCUT2D eigenvalue weighted by Gasteiger charge is 2.43. The molecule has 1 aromatic heterocycles. The monoisotopic (exact) mass is 467 g/mol. The molecule has 33 heavy (non-hydrogen) atoms. The second kappa shape index (κ2) is 11.4. The number of Topliss-reactive ketones (excluding diaryl/α,β-unsaturated/α-hetero) is 1. The normalized spacial score (nSPS) is 30.0. The number of aliphatic hydroxyl groups is 4. The largest absolute Gasteiger partial charge is 0.394 e. The molecule has 11 nitrogen and oxygen atoms in total. The molecule has 2 fully saturated rings. The third-order valence-corrected chi connectivity index (χ3v) is 6.30. The van der Waals surface area contributed by atoms with Crippen molar-refractivity contribution >= 4 is 11.5 Å². The first-order valence-electron chi connectivity index (χ1n) is 12.0. The Bertz CT molecular complexity index is 871. The molecule has 11 heteroatoms. The van der Waals surface area contributed by atoms with Crippen molar-refractivity contribution < 1.29 is 36.1 Å². The number of carbonyl (C=O) groups excluding carboxylic acids is 1. The van der Waals surface area contributed by atoms with Crippen LogP contribution in [0.5, 0.6) is 0 Å². The Kier molecular flexibility index (Phi) is 8.34. The second-order valence-electron chi connectivity index (χ2n) is 8.74. The van der Waals surface area contributed by atoms with Crippen LogP contribution in [0.3, 0.4) is 0 Å². The molecular formula is C22H34N4O7. The Hall–Kier alpha value is -2.02. The lowest BCUT2D eigenvalue weighted by atomic mass is 9.86. The van der Waals surface area contributed by atoms with Crippen LogP contribution >= 0.6 is 0 Å². The molecule has 1 aromatic rings. The van der Waals surface area contributed by atoms with Crippen LogP contribution in [0.25, 0.3) is 0 Å². The summed E-state index contributed by atoms with van der Waals surface area (Å²) >= 11 is 0. The maximum absolute atomic E-state index is 12.6.